The number of aryl methyl sites for hydroxylation is 1. The molecule has 14 heteroatoms. The van der Waals surface area contributed by atoms with Crippen LogP contribution >= 0.6 is 0 Å². The van der Waals surface area contributed by atoms with Crippen LogP contribution in [-0.2, 0) is 24.3 Å². The number of ether oxygens (including phenoxy) is 2. The van der Waals surface area contributed by atoms with Crippen molar-refractivity contribution < 1.29 is 42.5 Å². The van der Waals surface area contributed by atoms with Gasteiger partial charge in [-0.25, -0.2) is 13.2 Å². The van der Waals surface area contributed by atoms with Gasteiger partial charge in [0.25, 0.3) is 10.0 Å². The molecule has 3 rings (SSSR count). The van der Waals surface area contributed by atoms with Gasteiger partial charge in [-0.05, 0) is 45.7 Å². The summed E-state index contributed by atoms with van der Waals surface area (Å²) in [5.74, 6) is -0.0849. The second kappa shape index (κ2) is 12.4. The number of rotatable bonds is 12. The molecule has 1 atom stereocenters. The van der Waals surface area contributed by atoms with E-state index in [-0.39, 0.29) is 24.0 Å². The molecular formula is C24H32N4O9S. The normalized spacial score (nSPS) is 12.5. The van der Waals surface area contributed by atoms with E-state index in [2.05, 4.69) is 9.99 Å². The minimum absolute atomic E-state index is 0.00205. The van der Waals surface area contributed by atoms with Gasteiger partial charge in [0.15, 0.2) is 6.23 Å². The highest BCUT2D eigenvalue weighted by atomic mass is 32.2. The Labute approximate surface area is 220 Å². The Morgan fingerprint density at radius 1 is 1.05 bits per heavy atom. The number of carbonyl (C=O) groups is 1. The molecule has 1 heterocycles. The van der Waals surface area contributed by atoms with E-state index in [0.717, 1.165) is 15.4 Å². The summed E-state index contributed by atoms with van der Waals surface area (Å²) in [6, 6.07) is 10.3. The Balaban J connectivity index is 1.91. The first-order valence-corrected chi connectivity index (χ1v) is 13.2. The molecule has 13 nitrogen and oxygen atoms in total. The van der Waals surface area contributed by atoms with E-state index < -0.39 is 27.8 Å². The van der Waals surface area contributed by atoms with E-state index in [1.807, 2.05) is 31.1 Å². The largest absolute Gasteiger partial charge is 0.510 e. The van der Waals surface area contributed by atoms with Gasteiger partial charge in [0.1, 0.15) is 0 Å². The maximum atomic E-state index is 14.1. The lowest BCUT2D eigenvalue weighted by Gasteiger charge is -2.28. The van der Waals surface area contributed by atoms with Crippen LogP contribution in [0.5, 0.6) is 0 Å². The van der Waals surface area contributed by atoms with Crippen LogP contribution in [0.4, 0.5) is 16.4 Å². The zero-order chi connectivity index (χ0) is 28.0. The van der Waals surface area contributed by atoms with Crippen LogP contribution in [0.1, 0.15) is 31.0 Å². The maximum Gasteiger partial charge on any atom is 0.510 e. The van der Waals surface area contributed by atoms with Crippen molar-refractivity contribution >= 4 is 38.5 Å². The average molecular weight is 553 g/mol. The third-order valence-electron chi connectivity index (χ3n) is 5.77. The van der Waals surface area contributed by atoms with E-state index in [1.54, 1.807) is 32.0 Å². The van der Waals surface area contributed by atoms with Crippen molar-refractivity contribution in [2.24, 2.45) is 0 Å². The molecule has 2 aromatic carbocycles. The summed E-state index contributed by atoms with van der Waals surface area (Å²) >= 11 is 0. The van der Waals surface area contributed by atoms with Gasteiger partial charge in [0.2, 0.25) is 5.88 Å². The molecule has 2 N–H and O–H groups in total. The van der Waals surface area contributed by atoms with E-state index in [9.17, 15) is 13.2 Å². The zero-order valence-corrected chi connectivity index (χ0v) is 22.6. The molecule has 0 aliphatic rings. The number of fused-ring (bicyclic) bond motifs is 1. The van der Waals surface area contributed by atoms with Gasteiger partial charge in [0.05, 0.1) is 29.2 Å². The summed E-state index contributed by atoms with van der Waals surface area (Å²) in [5.41, 5.74) is 1.78. The van der Waals surface area contributed by atoms with Crippen LogP contribution in [0.15, 0.2) is 45.8 Å². The third-order valence-corrected chi connectivity index (χ3v) is 7.67. The second-order valence-corrected chi connectivity index (χ2v) is 10.4. The highest BCUT2D eigenvalue weighted by Crippen LogP contribution is 2.36. The van der Waals surface area contributed by atoms with Crippen molar-refractivity contribution in [3.63, 3.8) is 0 Å². The molecule has 1 aromatic heterocycles. The van der Waals surface area contributed by atoms with Crippen molar-refractivity contribution in [3.05, 3.63) is 47.7 Å². The number of carbonyl (C=O) groups excluding carboxylic acids is 1. The van der Waals surface area contributed by atoms with Crippen molar-refractivity contribution in [3.8, 4) is 0 Å². The average Bonchev–Trinajstić information content (AvgIpc) is 3.17. The van der Waals surface area contributed by atoms with Gasteiger partial charge in [-0.2, -0.15) is 4.31 Å². The lowest BCUT2D eigenvalue weighted by atomic mass is 10.1. The SMILES string of the molecule is Cc1noc(N(C(C)OC(=O)OCCCCON(O)O)S(=O)(=O)c2cccc3c(N(C)C)cccc23)c1C. The quantitative estimate of drug-likeness (QED) is 0.144. The Kier molecular flexibility index (Phi) is 9.51. The lowest BCUT2D eigenvalue weighted by molar-refractivity contribution is -0.492. The fourth-order valence-electron chi connectivity index (χ4n) is 3.79. The number of anilines is 2. The molecule has 0 saturated heterocycles. The number of unbranched alkanes of at least 4 members (excludes halogenated alkanes) is 1. The number of sulfonamides is 1. The van der Waals surface area contributed by atoms with Gasteiger partial charge in [-0.15, -0.1) is 0 Å². The molecule has 0 spiro atoms. The van der Waals surface area contributed by atoms with E-state index in [0.29, 0.717) is 29.5 Å². The molecule has 38 heavy (non-hydrogen) atoms. The number of hydrogen-bond acceptors (Lipinski definition) is 12. The summed E-state index contributed by atoms with van der Waals surface area (Å²) in [5, 5.41) is 21.7. The number of hydrogen-bond donors (Lipinski definition) is 2. The van der Waals surface area contributed by atoms with Crippen LogP contribution in [0, 0.1) is 13.8 Å². The standard InChI is InChI=1S/C24H32N4O9S/c1-16-17(2)25-37-23(16)27(18(3)36-24(29)34-14-6-7-15-35-28(30)31)38(32,33)22-13-9-10-19-20(22)11-8-12-21(19)26(4)5/h8-13,18,30-31H,6-7,14-15H2,1-5H3. The Morgan fingerprint density at radius 3 is 2.34 bits per heavy atom. The minimum Gasteiger partial charge on any atom is -0.434 e. The smallest absolute Gasteiger partial charge is 0.434 e. The molecule has 0 radical (unpaired) electrons. The molecule has 0 amide bonds. The highest BCUT2D eigenvalue weighted by Gasteiger charge is 2.37. The van der Waals surface area contributed by atoms with Gasteiger partial charge < -0.3 is 18.9 Å². The molecule has 0 aliphatic carbocycles. The van der Waals surface area contributed by atoms with Crippen LogP contribution in [0.3, 0.4) is 0 Å². The summed E-state index contributed by atoms with van der Waals surface area (Å²) < 4.78 is 44.9. The summed E-state index contributed by atoms with van der Waals surface area (Å²) in [4.78, 5) is 18.7. The lowest BCUT2D eigenvalue weighted by Crippen LogP contribution is -2.42. The molecule has 0 fully saturated rings. The second-order valence-electron chi connectivity index (χ2n) is 8.63. The van der Waals surface area contributed by atoms with Crippen LogP contribution in [0.2, 0.25) is 0 Å². The van der Waals surface area contributed by atoms with Gasteiger partial charge in [-0.3, -0.25) is 15.3 Å². The van der Waals surface area contributed by atoms with Crippen molar-refractivity contribution in [1.29, 1.82) is 0 Å². The predicted molar refractivity (Wildman–Crippen MR) is 136 cm³/mol. The number of benzene rings is 2. The Bertz CT molecular complexity index is 1360. The molecule has 0 aliphatic heterocycles. The molecule has 1 unspecified atom stereocenters. The van der Waals surface area contributed by atoms with Crippen LogP contribution < -0.4 is 9.21 Å². The number of aromatic nitrogens is 1. The first kappa shape index (κ1) is 29.1. The van der Waals surface area contributed by atoms with Crippen molar-refractivity contribution in [2.75, 3.05) is 36.5 Å². The Hall–Kier alpha value is -3.43. The van der Waals surface area contributed by atoms with Crippen LogP contribution in [0.25, 0.3) is 10.8 Å². The summed E-state index contributed by atoms with van der Waals surface area (Å²) in [6.45, 7) is 4.64. The van der Waals surface area contributed by atoms with E-state index in [4.69, 9.17) is 24.4 Å². The first-order valence-electron chi connectivity index (χ1n) is 11.8. The van der Waals surface area contributed by atoms with Crippen molar-refractivity contribution in [1.82, 2.24) is 10.5 Å². The molecule has 3 aromatic rings. The summed E-state index contributed by atoms with van der Waals surface area (Å²) in [7, 11) is -0.605. The van der Waals surface area contributed by atoms with E-state index >= 15 is 0 Å². The predicted octanol–water partition coefficient (Wildman–Crippen LogP) is 4.00. The molecule has 0 bridgehead atoms. The fraction of sp³-hybridized carbons (Fsp3) is 0.417. The van der Waals surface area contributed by atoms with Gasteiger partial charge >= 0.3 is 6.16 Å². The molecular weight excluding hydrogens is 520 g/mol. The highest BCUT2D eigenvalue weighted by molar-refractivity contribution is 7.93. The van der Waals surface area contributed by atoms with Gasteiger partial charge in [-0.1, -0.05) is 29.4 Å². The zero-order valence-electron chi connectivity index (χ0n) is 21.8. The molecule has 208 valence electrons. The minimum atomic E-state index is -4.34. The fourth-order valence-corrected chi connectivity index (χ4v) is 5.53. The molecule has 0 saturated carbocycles. The third kappa shape index (κ3) is 6.52. The van der Waals surface area contributed by atoms with Crippen LogP contribution in [-0.4, -0.2) is 69.1 Å². The maximum absolute atomic E-state index is 14.1. The van der Waals surface area contributed by atoms with Gasteiger partial charge in [0, 0.05) is 36.1 Å². The topological polar surface area (TPSA) is 155 Å². The number of nitrogens with zero attached hydrogens (tertiary/aromatic N) is 4. The first-order chi connectivity index (χ1) is 17.9. The monoisotopic (exact) mass is 552 g/mol. The Morgan fingerprint density at radius 2 is 1.71 bits per heavy atom. The van der Waals surface area contributed by atoms with Crippen molar-refractivity contribution in [2.45, 2.75) is 44.7 Å². The summed E-state index contributed by atoms with van der Waals surface area (Å²) in [6.07, 6.45) is -1.75. The van der Waals surface area contributed by atoms with E-state index in [1.165, 1.54) is 13.0 Å².